The topological polar surface area (TPSA) is 138 Å². The zero-order valence-electron chi connectivity index (χ0n) is 20.7. The molecule has 2 fully saturated rings. The number of imidazole rings is 1. The van der Waals surface area contributed by atoms with Crippen LogP contribution >= 0.6 is 0 Å². The lowest BCUT2D eigenvalue weighted by atomic mass is 9.75. The molecule has 3 atom stereocenters. The highest BCUT2D eigenvalue weighted by Gasteiger charge is 2.50. The van der Waals surface area contributed by atoms with E-state index >= 15 is 0 Å². The first-order valence-corrected chi connectivity index (χ1v) is 11.9. The van der Waals surface area contributed by atoms with Crippen LogP contribution < -0.4 is 17.0 Å². The molecule has 1 amide bonds. The average molecular weight is 477 g/mol. The van der Waals surface area contributed by atoms with E-state index in [4.69, 9.17) is 10.5 Å². The number of aryl methyl sites for hydroxylation is 1. The Kier molecular flexibility index (Phi) is 6.24. The maximum Gasteiger partial charge on any atom is 0.332 e. The number of amides is 1. The Labute approximate surface area is 198 Å². The van der Waals surface area contributed by atoms with E-state index in [2.05, 4.69) is 4.98 Å². The Morgan fingerprint density at radius 1 is 1.26 bits per heavy atom. The van der Waals surface area contributed by atoms with Crippen LogP contribution in [0.5, 0.6) is 0 Å². The van der Waals surface area contributed by atoms with E-state index < -0.39 is 34.5 Å². The summed E-state index contributed by atoms with van der Waals surface area (Å²) in [7, 11) is 2.99. The molecule has 0 bridgehead atoms. The number of aliphatic hydroxyl groups is 1. The van der Waals surface area contributed by atoms with Crippen molar-refractivity contribution in [3.8, 4) is 0 Å². The molecule has 0 radical (unpaired) electrons. The Morgan fingerprint density at radius 2 is 1.91 bits per heavy atom. The lowest BCUT2D eigenvalue weighted by Crippen LogP contribution is -2.59. The predicted molar refractivity (Wildman–Crippen MR) is 126 cm³/mol. The fourth-order valence-electron chi connectivity index (χ4n) is 5.54. The summed E-state index contributed by atoms with van der Waals surface area (Å²) in [5.41, 5.74) is 3.98. The van der Waals surface area contributed by atoms with Crippen molar-refractivity contribution in [2.24, 2.45) is 25.7 Å². The fraction of sp³-hybridized carbons (Fsp3) is 0.739. The van der Waals surface area contributed by atoms with Crippen LogP contribution in [0.2, 0.25) is 0 Å². The first kappa shape index (κ1) is 24.6. The van der Waals surface area contributed by atoms with E-state index in [0.29, 0.717) is 44.7 Å². The number of fused-ring (bicyclic) bond motifs is 1. The summed E-state index contributed by atoms with van der Waals surface area (Å²) < 4.78 is 10.3. The van der Waals surface area contributed by atoms with E-state index in [-0.39, 0.29) is 23.7 Å². The number of carbonyl (C=O) groups excluding carboxylic acids is 1. The molecule has 4 heterocycles. The molecule has 188 valence electrons. The van der Waals surface area contributed by atoms with Crippen LogP contribution in [0.4, 0.5) is 0 Å². The van der Waals surface area contributed by atoms with Crippen molar-refractivity contribution in [3.05, 3.63) is 27.2 Å². The summed E-state index contributed by atoms with van der Waals surface area (Å²) in [6, 6.07) is -1.05. The maximum atomic E-state index is 12.9. The number of likely N-dealkylation sites (tertiary alicyclic amines) is 1. The molecular formula is C23H36N6O5. The third-order valence-electron chi connectivity index (χ3n) is 7.48. The quantitative estimate of drug-likeness (QED) is 0.627. The molecule has 0 unspecified atom stereocenters. The smallest absolute Gasteiger partial charge is 0.332 e. The van der Waals surface area contributed by atoms with Crippen LogP contribution in [-0.2, 0) is 23.6 Å². The van der Waals surface area contributed by atoms with Crippen molar-refractivity contribution in [2.75, 3.05) is 19.7 Å². The zero-order chi connectivity index (χ0) is 25.0. The van der Waals surface area contributed by atoms with Crippen LogP contribution in [0.3, 0.4) is 0 Å². The standard InChI is InChI=1S/C23H36N6O5/c1-14(2)10-15(24)19(30)28-8-6-23(7-9-28)12-22(3,33)16(11-34-23)29-13-25-18-17(29)20(31)27(5)21(32)26(18)4/h13-16,33H,6-12,24H2,1-5H3/t15-,16+,22+/m0/s1. The van der Waals surface area contributed by atoms with Crippen molar-refractivity contribution in [3.63, 3.8) is 0 Å². The lowest BCUT2D eigenvalue weighted by molar-refractivity contribution is -0.197. The van der Waals surface area contributed by atoms with E-state index in [0.717, 1.165) is 4.57 Å². The number of hydrogen-bond donors (Lipinski definition) is 2. The van der Waals surface area contributed by atoms with Crippen LogP contribution in [0.15, 0.2) is 15.9 Å². The monoisotopic (exact) mass is 476 g/mol. The second kappa shape index (κ2) is 8.62. The molecule has 0 aromatic carbocycles. The molecule has 11 nitrogen and oxygen atoms in total. The van der Waals surface area contributed by atoms with E-state index in [1.165, 1.54) is 17.9 Å². The van der Waals surface area contributed by atoms with Crippen LogP contribution in [0.25, 0.3) is 11.2 Å². The van der Waals surface area contributed by atoms with Gasteiger partial charge in [-0.2, -0.15) is 0 Å². The van der Waals surface area contributed by atoms with Gasteiger partial charge in [-0.15, -0.1) is 0 Å². The van der Waals surface area contributed by atoms with Gasteiger partial charge in [-0.25, -0.2) is 9.78 Å². The summed E-state index contributed by atoms with van der Waals surface area (Å²) in [4.78, 5) is 43.9. The van der Waals surface area contributed by atoms with Crippen molar-refractivity contribution in [2.45, 2.75) is 69.7 Å². The molecule has 2 saturated heterocycles. The van der Waals surface area contributed by atoms with Crippen molar-refractivity contribution >= 4 is 17.1 Å². The normalized spacial score (nSPS) is 25.9. The second-order valence-electron chi connectivity index (χ2n) is 10.6. The molecular weight excluding hydrogens is 440 g/mol. The molecule has 2 aliphatic rings. The first-order valence-electron chi connectivity index (χ1n) is 11.9. The zero-order valence-corrected chi connectivity index (χ0v) is 20.7. The average Bonchev–Trinajstić information content (AvgIpc) is 3.20. The molecule has 0 aliphatic carbocycles. The van der Waals surface area contributed by atoms with E-state index in [1.54, 1.807) is 23.4 Å². The predicted octanol–water partition coefficient (Wildman–Crippen LogP) is -0.119. The van der Waals surface area contributed by atoms with Gasteiger partial charge in [-0.1, -0.05) is 13.8 Å². The number of nitrogens with two attached hydrogens (primary N) is 1. The summed E-state index contributed by atoms with van der Waals surface area (Å²) >= 11 is 0. The van der Waals surface area contributed by atoms with Crippen molar-refractivity contribution in [1.29, 1.82) is 0 Å². The second-order valence-corrected chi connectivity index (χ2v) is 10.6. The van der Waals surface area contributed by atoms with Gasteiger partial charge in [-0.3, -0.25) is 18.7 Å². The number of rotatable bonds is 4. The van der Waals surface area contributed by atoms with Crippen LogP contribution in [0, 0.1) is 5.92 Å². The summed E-state index contributed by atoms with van der Waals surface area (Å²) in [5.74, 6) is 0.317. The third-order valence-corrected chi connectivity index (χ3v) is 7.48. The summed E-state index contributed by atoms with van der Waals surface area (Å²) in [6.07, 6.45) is 3.71. The minimum Gasteiger partial charge on any atom is -0.388 e. The molecule has 1 spiro atoms. The molecule has 2 aromatic rings. The van der Waals surface area contributed by atoms with Crippen LogP contribution in [0.1, 0.15) is 52.5 Å². The molecule has 0 saturated carbocycles. The van der Waals surface area contributed by atoms with Gasteiger partial charge >= 0.3 is 5.69 Å². The Morgan fingerprint density at radius 3 is 2.50 bits per heavy atom. The minimum atomic E-state index is -1.19. The fourth-order valence-corrected chi connectivity index (χ4v) is 5.54. The third kappa shape index (κ3) is 4.09. The highest BCUT2D eigenvalue weighted by molar-refractivity contribution is 5.81. The highest BCUT2D eigenvalue weighted by Crippen LogP contribution is 2.44. The molecule has 3 N–H and O–H groups in total. The number of piperidine rings is 1. The molecule has 11 heteroatoms. The lowest BCUT2D eigenvalue weighted by Gasteiger charge is -2.51. The van der Waals surface area contributed by atoms with Gasteiger partial charge in [0, 0.05) is 33.6 Å². The summed E-state index contributed by atoms with van der Waals surface area (Å²) in [5, 5.41) is 11.5. The van der Waals surface area contributed by atoms with Gasteiger partial charge in [0.15, 0.2) is 11.2 Å². The Hall–Kier alpha value is -2.50. The number of hydrogen-bond acceptors (Lipinski definition) is 7. The molecule has 2 aromatic heterocycles. The Bertz CT molecular complexity index is 1200. The van der Waals surface area contributed by atoms with Gasteiger partial charge in [0.1, 0.15) is 0 Å². The maximum absolute atomic E-state index is 12.9. The highest BCUT2D eigenvalue weighted by atomic mass is 16.5. The van der Waals surface area contributed by atoms with Gasteiger partial charge in [0.25, 0.3) is 5.56 Å². The van der Waals surface area contributed by atoms with E-state index in [1.807, 2.05) is 13.8 Å². The first-order chi connectivity index (χ1) is 15.9. The number of nitrogens with zero attached hydrogens (tertiary/aromatic N) is 5. The number of ether oxygens (including phenoxy) is 1. The number of aromatic nitrogens is 4. The summed E-state index contributed by atoms with van der Waals surface area (Å²) in [6.45, 7) is 7.09. The minimum absolute atomic E-state index is 0.0321. The van der Waals surface area contributed by atoms with Gasteiger partial charge in [-0.05, 0) is 32.1 Å². The van der Waals surface area contributed by atoms with Crippen molar-refractivity contribution < 1.29 is 14.6 Å². The Balaban J connectivity index is 1.53. The largest absolute Gasteiger partial charge is 0.388 e. The molecule has 4 rings (SSSR count). The van der Waals surface area contributed by atoms with Crippen LogP contribution in [-0.4, -0.2) is 71.5 Å². The van der Waals surface area contributed by atoms with Gasteiger partial charge in [0.2, 0.25) is 5.91 Å². The van der Waals surface area contributed by atoms with E-state index in [9.17, 15) is 19.5 Å². The van der Waals surface area contributed by atoms with Gasteiger partial charge < -0.3 is 25.0 Å². The SMILES string of the molecule is CC(C)C[C@H](N)C(=O)N1CCC2(CC1)C[C@@](C)(O)[C@H](n1cnc3c1c(=O)n(C)c(=O)n3C)CO2. The molecule has 2 aliphatic heterocycles. The number of carbonyl (C=O) groups is 1. The van der Waals surface area contributed by atoms with Gasteiger partial charge in [0.05, 0.1) is 36.2 Å². The van der Waals surface area contributed by atoms with Crippen molar-refractivity contribution in [1.82, 2.24) is 23.6 Å². The molecule has 34 heavy (non-hydrogen) atoms.